The maximum atomic E-state index is 12.8. The minimum atomic E-state index is -1.44. The SMILES string of the molecule is CCCCCC=CC(F)C(O)CO. The average Bonchev–Trinajstić information content (AvgIpc) is 2.16. The number of aliphatic hydroxyl groups is 2. The smallest absolute Gasteiger partial charge is 0.146 e. The summed E-state index contributed by atoms with van der Waals surface area (Å²) in [4.78, 5) is 0. The van der Waals surface area contributed by atoms with Gasteiger partial charge in [-0.3, -0.25) is 0 Å². The average molecular weight is 190 g/mol. The molecule has 0 saturated carbocycles. The first-order valence-corrected chi connectivity index (χ1v) is 4.82. The molecule has 13 heavy (non-hydrogen) atoms. The summed E-state index contributed by atoms with van der Waals surface area (Å²) < 4.78 is 12.8. The van der Waals surface area contributed by atoms with E-state index in [0.717, 1.165) is 25.7 Å². The third-order valence-electron chi connectivity index (χ3n) is 1.85. The molecule has 3 heteroatoms. The van der Waals surface area contributed by atoms with E-state index in [1.54, 1.807) is 6.08 Å². The van der Waals surface area contributed by atoms with Gasteiger partial charge in [-0.05, 0) is 12.8 Å². The van der Waals surface area contributed by atoms with Crippen LogP contribution in [-0.2, 0) is 0 Å². The van der Waals surface area contributed by atoms with Gasteiger partial charge in [0.05, 0.1) is 6.61 Å². The molecule has 0 bridgehead atoms. The van der Waals surface area contributed by atoms with Crippen LogP contribution in [0.5, 0.6) is 0 Å². The fraction of sp³-hybridized carbons (Fsp3) is 0.800. The molecule has 2 atom stereocenters. The molecule has 2 N–H and O–H groups in total. The van der Waals surface area contributed by atoms with Gasteiger partial charge in [-0.25, -0.2) is 4.39 Å². The molecule has 0 aromatic carbocycles. The van der Waals surface area contributed by atoms with Gasteiger partial charge in [0.2, 0.25) is 0 Å². The number of hydrogen-bond acceptors (Lipinski definition) is 2. The molecule has 78 valence electrons. The predicted octanol–water partition coefficient (Wildman–Crippen LogP) is 1.81. The van der Waals surface area contributed by atoms with Crippen molar-refractivity contribution in [3.05, 3.63) is 12.2 Å². The molecule has 0 saturated heterocycles. The summed E-state index contributed by atoms with van der Waals surface area (Å²) in [6.45, 7) is 1.58. The minimum Gasteiger partial charge on any atom is -0.394 e. The lowest BCUT2D eigenvalue weighted by atomic mass is 10.1. The van der Waals surface area contributed by atoms with Crippen molar-refractivity contribution in [1.29, 1.82) is 0 Å². The third kappa shape index (κ3) is 6.72. The lowest BCUT2D eigenvalue weighted by molar-refractivity contribution is 0.0469. The van der Waals surface area contributed by atoms with Crippen molar-refractivity contribution in [3.63, 3.8) is 0 Å². The van der Waals surface area contributed by atoms with Gasteiger partial charge >= 0.3 is 0 Å². The molecule has 0 amide bonds. The lowest BCUT2D eigenvalue weighted by Gasteiger charge is -2.07. The fourth-order valence-electron chi connectivity index (χ4n) is 0.967. The van der Waals surface area contributed by atoms with Crippen LogP contribution in [0.2, 0.25) is 0 Å². The highest BCUT2D eigenvalue weighted by Gasteiger charge is 2.12. The van der Waals surface area contributed by atoms with E-state index in [0.29, 0.717) is 0 Å². The molecule has 2 unspecified atom stereocenters. The maximum absolute atomic E-state index is 12.8. The first kappa shape index (κ1) is 12.6. The maximum Gasteiger partial charge on any atom is 0.146 e. The Hall–Kier alpha value is -0.410. The number of aliphatic hydroxyl groups excluding tert-OH is 2. The largest absolute Gasteiger partial charge is 0.394 e. The summed E-state index contributed by atoms with van der Waals surface area (Å²) in [6, 6.07) is 0. The molecular formula is C10H19FO2. The molecule has 0 fully saturated rings. The Labute approximate surface area is 79.1 Å². The summed E-state index contributed by atoms with van der Waals surface area (Å²) in [5.41, 5.74) is 0. The van der Waals surface area contributed by atoms with Crippen molar-refractivity contribution in [2.24, 2.45) is 0 Å². The topological polar surface area (TPSA) is 40.5 Å². The van der Waals surface area contributed by atoms with Crippen LogP contribution in [0.3, 0.4) is 0 Å². The summed E-state index contributed by atoms with van der Waals surface area (Å²) >= 11 is 0. The molecule has 0 spiro atoms. The highest BCUT2D eigenvalue weighted by atomic mass is 19.1. The number of rotatable bonds is 7. The molecule has 0 aliphatic carbocycles. The second-order valence-corrected chi connectivity index (χ2v) is 3.12. The van der Waals surface area contributed by atoms with Crippen LogP contribution in [0.4, 0.5) is 4.39 Å². The highest BCUT2D eigenvalue weighted by molar-refractivity contribution is 4.92. The first-order valence-electron chi connectivity index (χ1n) is 4.82. The monoisotopic (exact) mass is 190 g/mol. The third-order valence-corrected chi connectivity index (χ3v) is 1.85. The Balaban J connectivity index is 3.47. The van der Waals surface area contributed by atoms with Crippen molar-refractivity contribution in [1.82, 2.24) is 0 Å². The molecule has 0 aliphatic rings. The zero-order valence-corrected chi connectivity index (χ0v) is 8.12. The standard InChI is InChI=1S/C10H19FO2/c1-2-3-4-5-6-7-9(11)10(13)8-12/h6-7,9-10,12-13H,2-5,8H2,1H3. The number of hydrogen-bond donors (Lipinski definition) is 2. The second kappa shape index (κ2) is 8.20. The van der Waals surface area contributed by atoms with Crippen molar-refractivity contribution >= 4 is 0 Å². The molecule has 0 aliphatic heterocycles. The Morgan fingerprint density at radius 3 is 2.62 bits per heavy atom. The molecule has 0 aromatic heterocycles. The van der Waals surface area contributed by atoms with Crippen molar-refractivity contribution in [2.75, 3.05) is 6.61 Å². The van der Waals surface area contributed by atoms with Gasteiger partial charge in [0.25, 0.3) is 0 Å². The van der Waals surface area contributed by atoms with Crippen molar-refractivity contribution < 1.29 is 14.6 Å². The normalized spacial score (nSPS) is 16.3. The molecule has 0 rings (SSSR count). The van der Waals surface area contributed by atoms with E-state index >= 15 is 0 Å². The van der Waals surface area contributed by atoms with Gasteiger partial charge in [0.1, 0.15) is 12.3 Å². The Morgan fingerprint density at radius 2 is 2.08 bits per heavy atom. The highest BCUT2D eigenvalue weighted by Crippen LogP contribution is 2.04. The van der Waals surface area contributed by atoms with E-state index in [-0.39, 0.29) is 0 Å². The molecule has 2 nitrogen and oxygen atoms in total. The van der Waals surface area contributed by atoms with Crippen LogP contribution >= 0.6 is 0 Å². The van der Waals surface area contributed by atoms with Crippen LogP contribution in [-0.4, -0.2) is 29.1 Å². The van der Waals surface area contributed by atoms with E-state index in [9.17, 15) is 4.39 Å². The van der Waals surface area contributed by atoms with Crippen LogP contribution in [0.1, 0.15) is 32.6 Å². The molecule has 0 radical (unpaired) electrons. The van der Waals surface area contributed by atoms with Crippen LogP contribution < -0.4 is 0 Å². The van der Waals surface area contributed by atoms with Gasteiger partial charge in [-0.1, -0.05) is 31.9 Å². The summed E-state index contributed by atoms with van der Waals surface area (Å²) in [5, 5.41) is 17.3. The van der Waals surface area contributed by atoms with E-state index in [4.69, 9.17) is 10.2 Å². The lowest BCUT2D eigenvalue weighted by Crippen LogP contribution is -2.23. The second-order valence-electron chi connectivity index (χ2n) is 3.12. The van der Waals surface area contributed by atoms with E-state index in [1.165, 1.54) is 6.08 Å². The van der Waals surface area contributed by atoms with E-state index < -0.39 is 18.9 Å². The summed E-state index contributed by atoms with van der Waals surface area (Å²) in [6.07, 6.45) is 4.50. The number of halogens is 1. The summed E-state index contributed by atoms with van der Waals surface area (Å²) in [7, 11) is 0. The quantitative estimate of drug-likeness (QED) is 0.475. The van der Waals surface area contributed by atoms with Crippen LogP contribution in [0.25, 0.3) is 0 Å². The van der Waals surface area contributed by atoms with Gasteiger partial charge in [-0.15, -0.1) is 0 Å². The zero-order valence-electron chi connectivity index (χ0n) is 8.12. The number of allylic oxidation sites excluding steroid dienone is 1. The number of unbranched alkanes of at least 4 members (excludes halogenated alkanes) is 3. The predicted molar refractivity (Wildman–Crippen MR) is 51.3 cm³/mol. The van der Waals surface area contributed by atoms with E-state index in [2.05, 4.69) is 6.92 Å². The van der Waals surface area contributed by atoms with Crippen molar-refractivity contribution in [2.45, 2.75) is 44.9 Å². The van der Waals surface area contributed by atoms with Gasteiger partial charge in [0.15, 0.2) is 0 Å². The zero-order chi connectivity index (χ0) is 10.1. The van der Waals surface area contributed by atoms with Gasteiger partial charge in [0, 0.05) is 0 Å². The Morgan fingerprint density at radius 1 is 1.38 bits per heavy atom. The molecule has 0 aromatic rings. The van der Waals surface area contributed by atoms with Crippen LogP contribution in [0.15, 0.2) is 12.2 Å². The Kier molecular flexibility index (Phi) is 7.94. The Bertz CT molecular complexity index is 137. The van der Waals surface area contributed by atoms with Crippen molar-refractivity contribution in [3.8, 4) is 0 Å². The molecular weight excluding hydrogens is 171 g/mol. The molecule has 0 heterocycles. The van der Waals surface area contributed by atoms with Crippen LogP contribution in [0, 0.1) is 0 Å². The minimum absolute atomic E-state index is 0.527. The first-order chi connectivity index (χ1) is 6.22. The van der Waals surface area contributed by atoms with Gasteiger partial charge < -0.3 is 10.2 Å². The fourth-order valence-corrected chi connectivity index (χ4v) is 0.967. The van der Waals surface area contributed by atoms with E-state index in [1.807, 2.05) is 0 Å². The van der Waals surface area contributed by atoms with Gasteiger partial charge in [-0.2, -0.15) is 0 Å². The summed E-state index contributed by atoms with van der Waals surface area (Å²) in [5.74, 6) is 0. The number of alkyl halides is 1.